The first-order valence-electron chi connectivity index (χ1n) is 14.7. The summed E-state index contributed by atoms with van der Waals surface area (Å²) in [5, 5.41) is 8.80. The second-order valence-corrected chi connectivity index (χ2v) is 11.6. The topological polar surface area (TPSA) is 115 Å². The first-order chi connectivity index (χ1) is 21.7. The van der Waals surface area contributed by atoms with Gasteiger partial charge in [0.2, 0.25) is 5.91 Å². The molecule has 1 amide bonds. The number of carbonyl (C=O) groups is 1. The van der Waals surface area contributed by atoms with Gasteiger partial charge in [0.05, 0.1) is 39.9 Å². The minimum absolute atomic E-state index is 0.106. The minimum Gasteiger partial charge on any atom is -0.350 e. The van der Waals surface area contributed by atoms with Crippen LogP contribution in [0.25, 0.3) is 33.7 Å². The van der Waals surface area contributed by atoms with Crippen molar-refractivity contribution in [3.63, 3.8) is 0 Å². The maximum atomic E-state index is 16.3. The summed E-state index contributed by atoms with van der Waals surface area (Å²) in [5.41, 5.74) is 1.65. The molecule has 6 heterocycles. The molecule has 4 bridgehead atoms. The van der Waals surface area contributed by atoms with Crippen molar-refractivity contribution in [1.82, 2.24) is 39.4 Å². The molecule has 45 heavy (non-hydrogen) atoms. The maximum absolute atomic E-state index is 16.3. The second kappa shape index (κ2) is 10.7. The lowest BCUT2D eigenvalue weighted by atomic mass is 10.0. The lowest BCUT2D eigenvalue weighted by molar-refractivity contribution is -0.126. The first kappa shape index (κ1) is 28.4. The minimum atomic E-state index is -0.803. The molecule has 0 spiro atoms. The van der Waals surface area contributed by atoms with Crippen LogP contribution < -0.4 is 10.6 Å². The van der Waals surface area contributed by atoms with Crippen molar-refractivity contribution in [2.24, 2.45) is 0 Å². The zero-order valence-electron chi connectivity index (χ0n) is 24.9. The molecular weight excluding hydrogens is 580 g/mol. The fraction of sp³-hybridized carbons (Fsp3) is 0.281. The quantitative estimate of drug-likeness (QED) is 0.277. The van der Waals surface area contributed by atoms with Gasteiger partial charge in [-0.15, -0.1) is 5.10 Å². The van der Waals surface area contributed by atoms with Crippen LogP contribution in [-0.4, -0.2) is 71.0 Å². The Balaban J connectivity index is 1.58. The molecule has 2 aliphatic rings. The summed E-state index contributed by atoms with van der Waals surface area (Å²) < 4.78 is 34.7. The van der Waals surface area contributed by atoms with E-state index >= 15 is 8.78 Å². The van der Waals surface area contributed by atoms with E-state index in [9.17, 15) is 9.59 Å². The number of hydrogen-bond acceptors (Lipinski definition) is 8. The molecule has 0 unspecified atom stereocenters. The first-order valence-corrected chi connectivity index (χ1v) is 14.7. The molecule has 11 nitrogen and oxygen atoms in total. The van der Waals surface area contributed by atoms with Gasteiger partial charge in [-0.3, -0.25) is 9.78 Å². The maximum Gasteiger partial charge on any atom is 0.355 e. The Morgan fingerprint density at radius 3 is 2.71 bits per heavy atom. The van der Waals surface area contributed by atoms with Gasteiger partial charge in [-0.25, -0.2) is 27.8 Å². The van der Waals surface area contributed by atoms with Crippen LogP contribution in [0.5, 0.6) is 0 Å². The summed E-state index contributed by atoms with van der Waals surface area (Å²) in [5.74, 6) is -1.59. The van der Waals surface area contributed by atoms with Gasteiger partial charge in [0.15, 0.2) is 11.5 Å². The van der Waals surface area contributed by atoms with Gasteiger partial charge in [0.1, 0.15) is 17.3 Å². The van der Waals surface area contributed by atoms with E-state index in [-0.39, 0.29) is 58.1 Å². The van der Waals surface area contributed by atoms with Crippen molar-refractivity contribution in [1.29, 1.82) is 0 Å². The van der Waals surface area contributed by atoms with Crippen molar-refractivity contribution >= 4 is 22.8 Å². The van der Waals surface area contributed by atoms with Gasteiger partial charge in [-0.1, -0.05) is 31.7 Å². The Morgan fingerprint density at radius 2 is 1.96 bits per heavy atom. The van der Waals surface area contributed by atoms with Gasteiger partial charge in [0.25, 0.3) is 0 Å². The summed E-state index contributed by atoms with van der Waals surface area (Å²) in [6, 6.07) is 7.13. The Kier molecular flexibility index (Phi) is 6.75. The van der Waals surface area contributed by atoms with Gasteiger partial charge in [-0.05, 0) is 48.7 Å². The average molecular weight is 610 g/mol. The molecule has 0 N–H and O–H groups in total. The summed E-state index contributed by atoms with van der Waals surface area (Å²) in [6.45, 7) is 10.5. The third-order valence-corrected chi connectivity index (χ3v) is 8.38. The number of fused-ring (bicyclic) bond motifs is 8. The monoisotopic (exact) mass is 609 g/mol. The van der Waals surface area contributed by atoms with E-state index in [0.717, 1.165) is 5.56 Å². The smallest absolute Gasteiger partial charge is 0.350 e. The fourth-order valence-corrected chi connectivity index (χ4v) is 6.27. The largest absolute Gasteiger partial charge is 0.355 e. The molecular formula is C32H29F2N9O2. The number of amides is 1. The van der Waals surface area contributed by atoms with E-state index in [2.05, 4.69) is 26.9 Å². The molecule has 1 aromatic carbocycles. The van der Waals surface area contributed by atoms with Crippen LogP contribution in [0, 0.1) is 11.6 Å². The highest BCUT2D eigenvalue weighted by Gasteiger charge is 2.32. The SMILES string of the molecule is C=CC(=O)N1CCN(c2nc(=O)n3c4nc(c(F)cc24)-c2c(F)cccc2-n2cc(nn2)Cc2ccnc(C(C)C)c2-3)[C@@H](C)C1. The highest BCUT2D eigenvalue weighted by atomic mass is 19.1. The van der Waals surface area contributed by atoms with Crippen molar-refractivity contribution in [3.05, 3.63) is 94.5 Å². The summed E-state index contributed by atoms with van der Waals surface area (Å²) in [7, 11) is 0. The molecule has 228 valence electrons. The molecule has 1 fully saturated rings. The number of piperazine rings is 1. The second-order valence-electron chi connectivity index (χ2n) is 11.6. The van der Waals surface area contributed by atoms with Crippen LogP contribution in [-0.2, 0) is 11.2 Å². The van der Waals surface area contributed by atoms with E-state index in [0.29, 0.717) is 36.7 Å². The van der Waals surface area contributed by atoms with Crippen molar-refractivity contribution in [3.8, 4) is 22.6 Å². The van der Waals surface area contributed by atoms with Gasteiger partial charge in [-0.2, -0.15) is 4.98 Å². The third-order valence-electron chi connectivity index (χ3n) is 8.38. The average Bonchev–Trinajstić information content (AvgIpc) is 3.48. The molecule has 5 aromatic rings. The molecule has 0 radical (unpaired) electrons. The van der Waals surface area contributed by atoms with E-state index in [1.165, 1.54) is 33.5 Å². The number of anilines is 1. The van der Waals surface area contributed by atoms with Crippen LogP contribution in [0.4, 0.5) is 14.6 Å². The number of carbonyl (C=O) groups excluding carboxylic acids is 1. The highest BCUT2D eigenvalue weighted by Crippen LogP contribution is 2.36. The van der Waals surface area contributed by atoms with Crippen LogP contribution >= 0.6 is 0 Å². The van der Waals surface area contributed by atoms with Crippen molar-refractivity contribution < 1.29 is 13.6 Å². The lowest BCUT2D eigenvalue weighted by Gasteiger charge is -2.40. The van der Waals surface area contributed by atoms with E-state index in [1.807, 2.05) is 25.7 Å². The number of aromatic nitrogens is 7. The van der Waals surface area contributed by atoms with Crippen molar-refractivity contribution in [2.45, 2.75) is 39.2 Å². The molecule has 13 heteroatoms. The molecule has 4 aromatic heterocycles. The Hall–Kier alpha value is -5.33. The van der Waals surface area contributed by atoms with Gasteiger partial charge >= 0.3 is 5.69 Å². The molecule has 0 aliphatic carbocycles. The predicted molar refractivity (Wildman–Crippen MR) is 164 cm³/mol. The summed E-state index contributed by atoms with van der Waals surface area (Å²) in [4.78, 5) is 44.0. The normalized spacial score (nSPS) is 15.9. The van der Waals surface area contributed by atoms with Crippen LogP contribution in [0.1, 0.15) is 43.6 Å². The van der Waals surface area contributed by atoms with Crippen LogP contribution in [0.3, 0.4) is 0 Å². The van der Waals surface area contributed by atoms with E-state index in [4.69, 9.17) is 4.98 Å². The van der Waals surface area contributed by atoms with Crippen LogP contribution in [0.15, 0.2) is 60.2 Å². The number of nitrogens with zero attached hydrogens (tertiary/aromatic N) is 9. The van der Waals surface area contributed by atoms with E-state index < -0.39 is 17.3 Å². The van der Waals surface area contributed by atoms with Crippen LogP contribution in [0.2, 0.25) is 0 Å². The molecule has 2 aliphatic heterocycles. The summed E-state index contributed by atoms with van der Waals surface area (Å²) >= 11 is 0. The number of halogens is 2. The standard InChI is InChI=1S/C32H29F2N9O2/c1-5-25(44)40-11-12-41(18(4)15-40)30-21-14-23(34)28-26-22(33)7-6-8-24(26)42-16-20(38-39-42)13-19-9-10-35-27(17(2)3)29(19)43(31(21)36-28)32(45)37-30/h5-10,14,16-18H,1,11-13,15H2,2-4H3/t18-/m0/s1. The Labute approximate surface area is 256 Å². The molecule has 1 saturated heterocycles. The zero-order valence-corrected chi connectivity index (χ0v) is 24.9. The molecule has 7 rings (SSSR count). The number of hydrogen-bond donors (Lipinski definition) is 0. The fourth-order valence-electron chi connectivity index (χ4n) is 6.27. The third kappa shape index (κ3) is 4.57. The lowest BCUT2D eigenvalue weighted by Crippen LogP contribution is -2.54. The number of pyridine rings is 2. The van der Waals surface area contributed by atoms with E-state index in [1.54, 1.807) is 29.4 Å². The Morgan fingerprint density at radius 1 is 1.13 bits per heavy atom. The molecule has 1 atom stereocenters. The summed E-state index contributed by atoms with van der Waals surface area (Å²) in [6.07, 6.45) is 4.87. The Bertz CT molecular complexity index is 2090. The predicted octanol–water partition coefficient (Wildman–Crippen LogP) is 3.95. The number of rotatable bonds is 3. The highest BCUT2D eigenvalue weighted by molar-refractivity contribution is 5.92. The molecule has 0 saturated carbocycles. The number of benzene rings is 1. The zero-order chi connectivity index (χ0) is 31.6. The van der Waals surface area contributed by atoms with Gasteiger partial charge < -0.3 is 9.80 Å². The van der Waals surface area contributed by atoms with Crippen molar-refractivity contribution in [2.75, 3.05) is 24.5 Å². The van der Waals surface area contributed by atoms with Gasteiger partial charge in [0, 0.05) is 38.3 Å².